The minimum atomic E-state index is -4.11. The molecule has 1 heterocycles. The summed E-state index contributed by atoms with van der Waals surface area (Å²) in [6.45, 7) is 1.85. The van der Waals surface area contributed by atoms with Crippen molar-refractivity contribution in [1.29, 1.82) is 0 Å². The van der Waals surface area contributed by atoms with Gasteiger partial charge >= 0.3 is 5.97 Å². The van der Waals surface area contributed by atoms with E-state index in [9.17, 15) is 13.2 Å². The number of rotatable bonds is 8. The summed E-state index contributed by atoms with van der Waals surface area (Å²) >= 11 is 0. The van der Waals surface area contributed by atoms with Crippen LogP contribution in [0.5, 0.6) is 11.6 Å². The number of anilines is 1. The molecule has 172 valence electrons. The van der Waals surface area contributed by atoms with Gasteiger partial charge in [-0.1, -0.05) is 54.6 Å². The molecule has 4 rings (SSSR count). The number of aromatic nitrogens is 2. The second kappa shape index (κ2) is 10.1. The van der Waals surface area contributed by atoms with Gasteiger partial charge in [-0.25, -0.2) is 22.9 Å². The largest absolute Gasteiger partial charge is 0.462 e. The lowest BCUT2D eigenvalue weighted by atomic mass is 10.1. The summed E-state index contributed by atoms with van der Waals surface area (Å²) in [6, 6.07) is 25.4. The van der Waals surface area contributed by atoms with Crippen LogP contribution in [0.1, 0.15) is 17.3 Å². The molecule has 0 saturated heterocycles. The van der Waals surface area contributed by atoms with E-state index in [0.717, 1.165) is 5.56 Å². The average molecular weight is 476 g/mol. The molecule has 0 atom stereocenters. The number of sulfonamides is 1. The van der Waals surface area contributed by atoms with Gasteiger partial charge in [-0.15, -0.1) is 0 Å². The first-order valence-electron chi connectivity index (χ1n) is 10.4. The number of hydrogen-bond acceptors (Lipinski definition) is 7. The highest BCUT2D eigenvalue weighted by Crippen LogP contribution is 2.27. The summed E-state index contributed by atoms with van der Waals surface area (Å²) in [4.78, 5) is 20.5. The van der Waals surface area contributed by atoms with Gasteiger partial charge in [0.2, 0.25) is 11.8 Å². The number of ether oxygens (including phenoxy) is 2. The SMILES string of the molecule is CCOC(=O)c1cccc(S(=O)(=O)Nc2nc(Oc3ccccc3)cc(-c3ccccc3)n2)c1. The van der Waals surface area contributed by atoms with Crippen LogP contribution in [-0.2, 0) is 14.8 Å². The molecule has 0 aliphatic heterocycles. The fourth-order valence-corrected chi connectivity index (χ4v) is 4.06. The molecule has 9 heteroatoms. The third-order valence-electron chi connectivity index (χ3n) is 4.62. The Balaban J connectivity index is 1.69. The third kappa shape index (κ3) is 5.57. The Morgan fingerprint density at radius 1 is 0.882 bits per heavy atom. The lowest BCUT2D eigenvalue weighted by Gasteiger charge is -2.12. The van der Waals surface area contributed by atoms with Crippen molar-refractivity contribution >= 4 is 21.9 Å². The van der Waals surface area contributed by atoms with Crippen LogP contribution in [0, 0.1) is 0 Å². The molecule has 8 nitrogen and oxygen atoms in total. The molecule has 0 bridgehead atoms. The number of para-hydroxylation sites is 1. The molecule has 4 aromatic rings. The zero-order valence-electron chi connectivity index (χ0n) is 18.2. The van der Waals surface area contributed by atoms with Crippen LogP contribution in [0.4, 0.5) is 5.95 Å². The molecule has 34 heavy (non-hydrogen) atoms. The number of hydrogen-bond donors (Lipinski definition) is 1. The van der Waals surface area contributed by atoms with E-state index in [0.29, 0.717) is 11.4 Å². The molecule has 0 amide bonds. The van der Waals surface area contributed by atoms with Gasteiger partial charge in [-0.05, 0) is 37.3 Å². The van der Waals surface area contributed by atoms with E-state index in [-0.39, 0.29) is 28.9 Å². The zero-order valence-corrected chi connectivity index (χ0v) is 19.0. The summed E-state index contributed by atoms with van der Waals surface area (Å²) in [7, 11) is -4.11. The minimum Gasteiger partial charge on any atom is -0.462 e. The summed E-state index contributed by atoms with van der Waals surface area (Å²) < 4.78 is 39.3. The van der Waals surface area contributed by atoms with Crippen LogP contribution in [0.25, 0.3) is 11.3 Å². The average Bonchev–Trinajstić information content (AvgIpc) is 2.85. The lowest BCUT2D eigenvalue weighted by molar-refractivity contribution is 0.0526. The van der Waals surface area contributed by atoms with E-state index in [1.165, 1.54) is 24.3 Å². The number of nitrogens with zero attached hydrogens (tertiary/aromatic N) is 2. The maximum atomic E-state index is 13.1. The second-order valence-corrected chi connectivity index (χ2v) is 8.73. The van der Waals surface area contributed by atoms with Gasteiger partial charge in [-0.2, -0.15) is 4.98 Å². The maximum absolute atomic E-state index is 13.1. The molecule has 3 aromatic carbocycles. The first-order valence-corrected chi connectivity index (χ1v) is 11.9. The van der Waals surface area contributed by atoms with Crippen LogP contribution in [0.2, 0.25) is 0 Å². The van der Waals surface area contributed by atoms with Gasteiger partial charge in [0, 0.05) is 11.6 Å². The fourth-order valence-electron chi connectivity index (χ4n) is 3.07. The van der Waals surface area contributed by atoms with Gasteiger partial charge in [0.1, 0.15) is 5.75 Å². The van der Waals surface area contributed by atoms with Crippen LogP contribution in [0.3, 0.4) is 0 Å². The maximum Gasteiger partial charge on any atom is 0.338 e. The molecule has 0 unspecified atom stereocenters. The Morgan fingerprint density at radius 2 is 1.59 bits per heavy atom. The molecule has 0 radical (unpaired) electrons. The Hall–Kier alpha value is -4.24. The Labute approximate surface area is 197 Å². The number of carbonyl (C=O) groups excluding carboxylic acids is 1. The predicted molar refractivity (Wildman–Crippen MR) is 127 cm³/mol. The van der Waals surface area contributed by atoms with E-state index in [1.807, 2.05) is 48.5 Å². The molecule has 1 aromatic heterocycles. The first kappa shape index (κ1) is 22.9. The first-order chi connectivity index (χ1) is 16.4. The lowest BCUT2D eigenvalue weighted by Crippen LogP contribution is -2.16. The molecular weight excluding hydrogens is 454 g/mol. The monoisotopic (exact) mass is 475 g/mol. The molecule has 0 aliphatic carbocycles. The highest BCUT2D eigenvalue weighted by molar-refractivity contribution is 7.92. The van der Waals surface area contributed by atoms with Gasteiger partial charge in [0.15, 0.2) is 0 Å². The van der Waals surface area contributed by atoms with E-state index in [4.69, 9.17) is 9.47 Å². The van der Waals surface area contributed by atoms with Crippen LogP contribution in [0.15, 0.2) is 95.9 Å². The van der Waals surface area contributed by atoms with E-state index in [2.05, 4.69) is 14.7 Å². The minimum absolute atomic E-state index is 0.122. The van der Waals surface area contributed by atoms with Crippen molar-refractivity contribution in [2.75, 3.05) is 11.3 Å². The highest BCUT2D eigenvalue weighted by atomic mass is 32.2. The normalized spacial score (nSPS) is 11.0. The van der Waals surface area contributed by atoms with Crippen molar-refractivity contribution in [2.45, 2.75) is 11.8 Å². The van der Waals surface area contributed by atoms with Gasteiger partial charge in [0.05, 0.1) is 22.8 Å². The van der Waals surface area contributed by atoms with E-state index >= 15 is 0 Å². The molecule has 0 saturated carbocycles. The predicted octanol–water partition coefficient (Wildman–Crippen LogP) is 4.91. The number of esters is 1. The van der Waals surface area contributed by atoms with Crippen LogP contribution in [-0.4, -0.2) is 31.0 Å². The summed E-state index contributed by atoms with van der Waals surface area (Å²) in [5.41, 5.74) is 1.35. The summed E-state index contributed by atoms with van der Waals surface area (Å²) in [5.74, 6) is -0.0802. The molecule has 0 aliphatic rings. The number of nitrogens with one attached hydrogen (secondary N) is 1. The van der Waals surface area contributed by atoms with Crippen molar-refractivity contribution in [3.63, 3.8) is 0 Å². The number of benzene rings is 3. The third-order valence-corrected chi connectivity index (χ3v) is 5.94. The molecule has 1 N–H and O–H groups in total. The van der Waals surface area contributed by atoms with Crippen molar-refractivity contribution in [1.82, 2.24) is 9.97 Å². The zero-order chi connectivity index (χ0) is 24.0. The Kier molecular flexibility index (Phi) is 6.84. The topological polar surface area (TPSA) is 107 Å². The molecule has 0 fully saturated rings. The summed E-state index contributed by atoms with van der Waals surface area (Å²) in [6.07, 6.45) is 0. The number of carbonyl (C=O) groups is 1. The molecule has 0 spiro atoms. The van der Waals surface area contributed by atoms with E-state index < -0.39 is 16.0 Å². The van der Waals surface area contributed by atoms with Gasteiger partial charge in [0.25, 0.3) is 10.0 Å². The van der Waals surface area contributed by atoms with Crippen LogP contribution >= 0.6 is 0 Å². The Morgan fingerprint density at radius 3 is 2.29 bits per heavy atom. The van der Waals surface area contributed by atoms with Crippen LogP contribution < -0.4 is 9.46 Å². The van der Waals surface area contributed by atoms with Crippen molar-refractivity contribution in [2.24, 2.45) is 0 Å². The Bertz CT molecular complexity index is 1390. The quantitative estimate of drug-likeness (QED) is 0.361. The standard InChI is InChI=1S/C25H21N3O5S/c1-2-32-24(29)19-12-9-15-21(16-19)34(30,31)28-25-26-22(18-10-5-3-6-11-18)17-23(27-25)33-20-13-7-4-8-14-20/h3-17H,2H2,1H3,(H,26,27,28). The highest BCUT2D eigenvalue weighted by Gasteiger charge is 2.20. The van der Waals surface area contributed by atoms with Crippen molar-refractivity contribution < 1.29 is 22.7 Å². The van der Waals surface area contributed by atoms with E-state index in [1.54, 1.807) is 25.1 Å². The smallest absolute Gasteiger partial charge is 0.338 e. The second-order valence-electron chi connectivity index (χ2n) is 7.05. The summed E-state index contributed by atoms with van der Waals surface area (Å²) in [5, 5.41) is 0. The molecular formula is C25H21N3O5S. The van der Waals surface area contributed by atoms with Gasteiger partial charge < -0.3 is 9.47 Å². The van der Waals surface area contributed by atoms with Gasteiger partial charge in [-0.3, -0.25) is 0 Å². The fraction of sp³-hybridized carbons (Fsp3) is 0.0800. The van der Waals surface area contributed by atoms with Crippen molar-refractivity contribution in [3.05, 3.63) is 96.6 Å². The van der Waals surface area contributed by atoms with Crippen molar-refractivity contribution in [3.8, 4) is 22.9 Å².